The Hall–Kier alpha value is -2.82. The zero-order chi connectivity index (χ0) is 18.2. The Balaban J connectivity index is 1.69. The monoisotopic (exact) mass is 340 g/mol. The fourth-order valence-corrected chi connectivity index (χ4v) is 2.51. The van der Waals surface area contributed by atoms with Gasteiger partial charge in [0.05, 0.1) is 6.61 Å². The second-order valence-corrected chi connectivity index (χ2v) is 6.01. The summed E-state index contributed by atoms with van der Waals surface area (Å²) in [5.74, 6) is 0.418. The molecule has 5 heteroatoms. The lowest BCUT2D eigenvalue weighted by Gasteiger charge is -2.11. The van der Waals surface area contributed by atoms with E-state index >= 15 is 0 Å². The standard InChI is InChI=1S/C20H24N2O3/c1-14-5-3-6-15(2)19(14)25-12-4-7-18(23)22-13-16-8-10-17(11-9-16)20(21)24/h3,5-6,8-11H,4,7,12-13H2,1-2H3,(H2,21,24)(H,22,23). The molecule has 0 aliphatic carbocycles. The molecule has 0 fully saturated rings. The van der Waals surface area contributed by atoms with E-state index < -0.39 is 5.91 Å². The van der Waals surface area contributed by atoms with Gasteiger partial charge in [-0.1, -0.05) is 30.3 Å². The molecule has 2 amide bonds. The molecule has 0 aliphatic rings. The van der Waals surface area contributed by atoms with Crippen LogP contribution in [0.15, 0.2) is 42.5 Å². The van der Waals surface area contributed by atoms with Crippen molar-refractivity contribution in [3.05, 3.63) is 64.7 Å². The minimum Gasteiger partial charge on any atom is -0.493 e. The number of ether oxygens (including phenoxy) is 1. The van der Waals surface area contributed by atoms with Crippen molar-refractivity contribution >= 4 is 11.8 Å². The molecule has 0 saturated heterocycles. The van der Waals surface area contributed by atoms with Crippen molar-refractivity contribution < 1.29 is 14.3 Å². The number of nitrogens with two attached hydrogens (primary N) is 1. The largest absolute Gasteiger partial charge is 0.493 e. The molecule has 2 rings (SSSR count). The van der Waals surface area contributed by atoms with Gasteiger partial charge in [0.25, 0.3) is 0 Å². The van der Waals surface area contributed by atoms with Gasteiger partial charge < -0.3 is 15.8 Å². The van der Waals surface area contributed by atoms with Crippen LogP contribution in [0.25, 0.3) is 0 Å². The lowest BCUT2D eigenvalue weighted by Crippen LogP contribution is -2.23. The van der Waals surface area contributed by atoms with Gasteiger partial charge in [-0.2, -0.15) is 0 Å². The van der Waals surface area contributed by atoms with Crippen molar-refractivity contribution in [1.29, 1.82) is 0 Å². The number of rotatable bonds is 8. The zero-order valence-corrected chi connectivity index (χ0v) is 14.7. The number of carbonyl (C=O) groups is 2. The smallest absolute Gasteiger partial charge is 0.248 e. The second-order valence-electron chi connectivity index (χ2n) is 6.01. The molecule has 0 spiro atoms. The van der Waals surface area contributed by atoms with Crippen LogP contribution in [0.1, 0.15) is 39.9 Å². The number of hydrogen-bond donors (Lipinski definition) is 2. The van der Waals surface area contributed by atoms with E-state index in [0.717, 1.165) is 22.4 Å². The first-order valence-electron chi connectivity index (χ1n) is 8.32. The predicted octanol–water partition coefficient (Wildman–Crippen LogP) is 2.88. The molecule has 0 bridgehead atoms. The van der Waals surface area contributed by atoms with Crippen LogP contribution in [0.3, 0.4) is 0 Å². The van der Waals surface area contributed by atoms with Gasteiger partial charge in [-0.25, -0.2) is 0 Å². The molecule has 0 aromatic heterocycles. The summed E-state index contributed by atoms with van der Waals surface area (Å²) in [4.78, 5) is 22.9. The molecular formula is C20H24N2O3. The molecule has 0 aliphatic heterocycles. The molecule has 5 nitrogen and oxygen atoms in total. The first-order valence-corrected chi connectivity index (χ1v) is 8.32. The van der Waals surface area contributed by atoms with E-state index in [4.69, 9.17) is 10.5 Å². The average Bonchev–Trinajstić information content (AvgIpc) is 2.59. The van der Waals surface area contributed by atoms with Crippen LogP contribution in [0.4, 0.5) is 0 Å². The van der Waals surface area contributed by atoms with Gasteiger partial charge in [-0.15, -0.1) is 0 Å². The maximum Gasteiger partial charge on any atom is 0.248 e. The Labute approximate surface area is 148 Å². The van der Waals surface area contributed by atoms with Crippen LogP contribution in [-0.4, -0.2) is 18.4 Å². The van der Waals surface area contributed by atoms with Gasteiger partial charge in [-0.3, -0.25) is 9.59 Å². The molecule has 2 aromatic rings. The number of carbonyl (C=O) groups excluding carboxylic acids is 2. The SMILES string of the molecule is Cc1cccc(C)c1OCCCC(=O)NCc1ccc(C(N)=O)cc1. The Kier molecular flexibility index (Phi) is 6.57. The summed E-state index contributed by atoms with van der Waals surface area (Å²) < 4.78 is 5.79. The Bertz CT molecular complexity index is 719. The number of amides is 2. The maximum atomic E-state index is 11.9. The second kappa shape index (κ2) is 8.87. The number of benzene rings is 2. The first kappa shape index (κ1) is 18.5. The van der Waals surface area contributed by atoms with Crippen molar-refractivity contribution in [3.63, 3.8) is 0 Å². The van der Waals surface area contributed by atoms with E-state index in [-0.39, 0.29) is 5.91 Å². The number of primary amides is 1. The fourth-order valence-electron chi connectivity index (χ4n) is 2.51. The average molecular weight is 340 g/mol. The van der Waals surface area contributed by atoms with Crippen molar-refractivity contribution in [3.8, 4) is 5.75 Å². The van der Waals surface area contributed by atoms with Gasteiger partial charge >= 0.3 is 0 Å². The van der Waals surface area contributed by atoms with Crippen LogP contribution in [-0.2, 0) is 11.3 Å². The van der Waals surface area contributed by atoms with Gasteiger partial charge in [0, 0.05) is 18.5 Å². The molecule has 0 atom stereocenters. The third-order valence-corrected chi connectivity index (χ3v) is 3.93. The van der Waals surface area contributed by atoms with Crippen LogP contribution in [0.2, 0.25) is 0 Å². The zero-order valence-electron chi connectivity index (χ0n) is 14.7. The van der Waals surface area contributed by atoms with E-state index in [0.29, 0.717) is 31.6 Å². The van der Waals surface area contributed by atoms with Crippen LogP contribution < -0.4 is 15.8 Å². The fraction of sp³-hybridized carbons (Fsp3) is 0.300. The van der Waals surface area contributed by atoms with E-state index in [1.165, 1.54) is 0 Å². The molecule has 3 N–H and O–H groups in total. The summed E-state index contributed by atoms with van der Waals surface area (Å²) in [6, 6.07) is 12.9. The van der Waals surface area contributed by atoms with Crippen molar-refractivity contribution in [2.75, 3.05) is 6.61 Å². The molecular weight excluding hydrogens is 316 g/mol. The van der Waals surface area contributed by atoms with E-state index in [1.54, 1.807) is 24.3 Å². The number of nitrogens with one attached hydrogen (secondary N) is 1. The minimum absolute atomic E-state index is 0.0240. The molecule has 25 heavy (non-hydrogen) atoms. The highest BCUT2D eigenvalue weighted by Gasteiger charge is 2.05. The lowest BCUT2D eigenvalue weighted by molar-refractivity contribution is -0.121. The van der Waals surface area contributed by atoms with E-state index in [2.05, 4.69) is 5.32 Å². The van der Waals surface area contributed by atoms with Crippen molar-refractivity contribution in [1.82, 2.24) is 5.32 Å². The van der Waals surface area contributed by atoms with Crippen molar-refractivity contribution in [2.45, 2.75) is 33.2 Å². The predicted molar refractivity (Wildman–Crippen MR) is 97.5 cm³/mol. The number of aryl methyl sites for hydroxylation is 2. The Morgan fingerprint density at radius 3 is 2.28 bits per heavy atom. The molecule has 0 heterocycles. The molecule has 0 unspecified atom stereocenters. The van der Waals surface area contributed by atoms with Gasteiger partial charge in [0.15, 0.2) is 0 Å². The number of hydrogen-bond acceptors (Lipinski definition) is 3. The van der Waals surface area contributed by atoms with E-state index in [1.807, 2.05) is 32.0 Å². The highest BCUT2D eigenvalue weighted by atomic mass is 16.5. The van der Waals surface area contributed by atoms with Gasteiger partial charge in [0.2, 0.25) is 11.8 Å². The maximum absolute atomic E-state index is 11.9. The Morgan fingerprint density at radius 2 is 1.68 bits per heavy atom. The van der Waals surface area contributed by atoms with Gasteiger partial charge in [0.1, 0.15) is 5.75 Å². The topological polar surface area (TPSA) is 81.4 Å². The summed E-state index contributed by atoms with van der Waals surface area (Å²) in [5.41, 5.74) is 8.77. The van der Waals surface area contributed by atoms with E-state index in [9.17, 15) is 9.59 Å². The first-order chi connectivity index (χ1) is 12.0. The number of para-hydroxylation sites is 1. The van der Waals surface area contributed by atoms with Crippen LogP contribution in [0, 0.1) is 13.8 Å². The summed E-state index contributed by atoms with van der Waals surface area (Å²) in [6.07, 6.45) is 1.06. The summed E-state index contributed by atoms with van der Waals surface area (Å²) in [7, 11) is 0. The highest BCUT2D eigenvalue weighted by molar-refractivity contribution is 5.92. The van der Waals surface area contributed by atoms with Crippen LogP contribution >= 0.6 is 0 Å². The molecule has 2 aromatic carbocycles. The summed E-state index contributed by atoms with van der Waals surface area (Å²) >= 11 is 0. The molecule has 0 radical (unpaired) electrons. The molecule has 132 valence electrons. The lowest BCUT2D eigenvalue weighted by atomic mass is 10.1. The summed E-state index contributed by atoms with van der Waals surface area (Å²) in [6.45, 7) is 4.96. The third kappa shape index (κ3) is 5.64. The highest BCUT2D eigenvalue weighted by Crippen LogP contribution is 2.22. The minimum atomic E-state index is -0.459. The van der Waals surface area contributed by atoms with Crippen molar-refractivity contribution in [2.24, 2.45) is 5.73 Å². The third-order valence-electron chi connectivity index (χ3n) is 3.93. The van der Waals surface area contributed by atoms with Crippen LogP contribution in [0.5, 0.6) is 5.75 Å². The van der Waals surface area contributed by atoms with Gasteiger partial charge in [-0.05, 0) is 49.1 Å². The summed E-state index contributed by atoms with van der Waals surface area (Å²) in [5, 5.41) is 2.86. The Morgan fingerprint density at radius 1 is 1.04 bits per heavy atom. The quantitative estimate of drug-likeness (QED) is 0.725. The molecule has 0 saturated carbocycles. The normalized spacial score (nSPS) is 10.3.